The Kier molecular flexibility index (Phi) is 6.53. The van der Waals surface area contributed by atoms with Crippen molar-refractivity contribution >= 4 is 33.2 Å². The molecule has 0 bridgehead atoms. The molecule has 0 atom stereocenters. The van der Waals surface area contributed by atoms with Crippen LogP contribution in [0.2, 0.25) is 10.0 Å². The minimum Gasteiger partial charge on any atom is -0.335 e. The van der Waals surface area contributed by atoms with Crippen LogP contribution in [0.15, 0.2) is 23.1 Å². The lowest BCUT2D eigenvalue weighted by atomic mass is 9.99. The summed E-state index contributed by atoms with van der Waals surface area (Å²) in [5, 5.41) is 0.597. The molecule has 124 valence electrons. The van der Waals surface area contributed by atoms with Gasteiger partial charge in [0.15, 0.2) is 0 Å². The zero-order valence-corrected chi connectivity index (χ0v) is 15.1. The topological polar surface area (TPSA) is 50.6 Å². The average Bonchev–Trinajstić information content (AvgIpc) is 2.48. The van der Waals surface area contributed by atoms with E-state index in [0.717, 1.165) is 18.9 Å². The number of hydrogen-bond donors (Lipinski definition) is 2. The molecule has 1 aliphatic heterocycles. The molecule has 0 amide bonds. The van der Waals surface area contributed by atoms with E-state index in [-0.39, 0.29) is 9.92 Å². The molecule has 7 heteroatoms. The summed E-state index contributed by atoms with van der Waals surface area (Å²) in [5.74, 6) is 0.830. The van der Waals surface area contributed by atoms with Gasteiger partial charge in [0.05, 0.1) is 34.6 Å². The minimum absolute atomic E-state index is 0.154. The molecule has 2 rings (SSSR count). The highest BCUT2D eigenvalue weighted by atomic mass is 35.5. The van der Waals surface area contributed by atoms with Gasteiger partial charge in [0.1, 0.15) is 0 Å². The molecule has 0 unspecified atom stereocenters. The van der Waals surface area contributed by atoms with Crippen molar-refractivity contribution in [2.24, 2.45) is 5.92 Å². The Bertz CT molecular complexity index is 600. The van der Waals surface area contributed by atoms with Crippen LogP contribution in [0.1, 0.15) is 26.2 Å². The molecule has 1 aromatic carbocycles. The number of halogens is 2. The van der Waals surface area contributed by atoms with Gasteiger partial charge in [-0.05, 0) is 37.0 Å². The van der Waals surface area contributed by atoms with E-state index >= 15 is 0 Å². The maximum Gasteiger partial charge on any atom is 0.240 e. The first-order chi connectivity index (χ1) is 10.4. The van der Waals surface area contributed by atoms with E-state index in [9.17, 15) is 8.42 Å². The third-order valence-corrected chi connectivity index (χ3v) is 6.38. The summed E-state index contributed by atoms with van der Waals surface area (Å²) in [6, 6.07) is 4.34. The first kappa shape index (κ1) is 18.0. The summed E-state index contributed by atoms with van der Waals surface area (Å²) in [6.45, 7) is 6.14. The molecule has 4 nitrogen and oxygen atoms in total. The fourth-order valence-corrected chi connectivity index (χ4v) is 4.16. The van der Waals surface area contributed by atoms with Gasteiger partial charge in [-0.1, -0.05) is 30.1 Å². The number of likely N-dealkylation sites (tertiary alicyclic amines) is 1. The fraction of sp³-hybridized carbons (Fsp3) is 0.600. The first-order valence-corrected chi connectivity index (χ1v) is 9.90. The second kappa shape index (κ2) is 7.97. The summed E-state index contributed by atoms with van der Waals surface area (Å²) in [7, 11) is -3.51. The monoisotopic (exact) mass is 365 g/mol. The Hall–Kier alpha value is -0.330. The summed E-state index contributed by atoms with van der Waals surface area (Å²) in [4.78, 5) is 1.73. The van der Waals surface area contributed by atoms with E-state index in [1.54, 1.807) is 4.90 Å². The first-order valence-electron chi connectivity index (χ1n) is 7.67. The standard InChI is InChI=1S/C15H22Cl2N2O2S/c1-12-5-9-19(10-6-12)8-2-7-18-22(20,21)13-3-4-14(16)15(17)11-13/h3-4,11-12,18H,2,5-10H2,1H3/p+1. The number of hydrogen-bond acceptors (Lipinski definition) is 2. The largest absolute Gasteiger partial charge is 0.335 e. The second-order valence-electron chi connectivity index (χ2n) is 6.01. The summed E-state index contributed by atoms with van der Waals surface area (Å²) in [5.41, 5.74) is 0. The Balaban J connectivity index is 1.79. The van der Waals surface area contributed by atoms with Crippen molar-refractivity contribution in [1.82, 2.24) is 4.72 Å². The molecule has 0 aliphatic carbocycles. The average molecular weight is 366 g/mol. The van der Waals surface area contributed by atoms with E-state index in [4.69, 9.17) is 23.2 Å². The highest BCUT2D eigenvalue weighted by Crippen LogP contribution is 2.24. The number of nitrogens with one attached hydrogen (secondary N) is 2. The van der Waals surface area contributed by atoms with Crippen molar-refractivity contribution in [3.8, 4) is 0 Å². The summed E-state index contributed by atoms with van der Waals surface area (Å²) < 4.78 is 27.0. The van der Waals surface area contributed by atoms with Gasteiger partial charge in [-0.25, -0.2) is 13.1 Å². The number of benzene rings is 1. The molecule has 2 N–H and O–H groups in total. The van der Waals surface area contributed by atoms with Crippen LogP contribution in [0.3, 0.4) is 0 Å². The van der Waals surface area contributed by atoms with Crippen LogP contribution < -0.4 is 9.62 Å². The minimum atomic E-state index is -3.51. The van der Waals surface area contributed by atoms with E-state index < -0.39 is 10.0 Å². The van der Waals surface area contributed by atoms with Crippen molar-refractivity contribution in [2.45, 2.75) is 31.1 Å². The smallest absolute Gasteiger partial charge is 0.240 e. The Morgan fingerprint density at radius 1 is 1.23 bits per heavy atom. The Morgan fingerprint density at radius 2 is 1.91 bits per heavy atom. The van der Waals surface area contributed by atoms with Crippen LogP contribution in [0.25, 0.3) is 0 Å². The molecular weight excluding hydrogens is 343 g/mol. The van der Waals surface area contributed by atoms with Gasteiger partial charge < -0.3 is 4.90 Å². The molecule has 0 spiro atoms. The quantitative estimate of drug-likeness (QED) is 0.757. The Labute approximate surface area is 142 Å². The van der Waals surface area contributed by atoms with Crippen LogP contribution in [-0.4, -0.2) is 34.6 Å². The third kappa shape index (κ3) is 5.10. The van der Waals surface area contributed by atoms with Crippen molar-refractivity contribution in [2.75, 3.05) is 26.2 Å². The number of sulfonamides is 1. The summed E-state index contributed by atoms with van der Waals surface area (Å²) >= 11 is 11.7. The number of rotatable bonds is 6. The van der Waals surface area contributed by atoms with Gasteiger partial charge >= 0.3 is 0 Å². The van der Waals surface area contributed by atoms with E-state index in [1.165, 1.54) is 44.1 Å². The zero-order chi connectivity index (χ0) is 16.2. The van der Waals surface area contributed by atoms with Crippen LogP contribution in [0.4, 0.5) is 0 Å². The normalized spacial score (nSPS) is 22.7. The molecule has 1 fully saturated rings. The zero-order valence-electron chi connectivity index (χ0n) is 12.7. The van der Waals surface area contributed by atoms with Crippen LogP contribution in [0, 0.1) is 5.92 Å². The number of quaternary nitrogens is 1. The van der Waals surface area contributed by atoms with Crippen LogP contribution in [-0.2, 0) is 10.0 Å². The molecule has 0 saturated carbocycles. The fourth-order valence-electron chi connectivity index (χ4n) is 2.69. The predicted molar refractivity (Wildman–Crippen MR) is 90.2 cm³/mol. The highest BCUT2D eigenvalue weighted by molar-refractivity contribution is 7.89. The van der Waals surface area contributed by atoms with Crippen LogP contribution >= 0.6 is 23.2 Å². The van der Waals surface area contributed by atoms with Crippen molar-refractivity contribution in [1.29, 1.82) is 0 Å². The lowest BCUT2D eigenvalue weighted by molar-refractivity contribution is -0.906. The lowest BCUT2D eigenvalue weighted by Gasteiger charge is -2.27. The van der Waals surface area contributed by atoms with Gasteiger partial charge in [0, 0.05) is 13.0 Å². The third-order valence-electron chi connectivity index (χ3n) is 4.18. The van der Waals surface area contributed by atoms with Crippen molar-refractivity contribution in [3.05, 3.63) is 28.2 Å². The van der Waals surface area contributed by atoms with E-state index in [1.807, 2.05) is 0 Å². The van der Waals surface area contributed by atoms with E-state index in [2.05, 4.69) is 11.6 Å². The van der Waals surface area contributed by atoms with Gasteiger partial charge in [0.2, 0.25) is 10.0 Å². The maximum absolute atomic E-state index is 12.2. The van der Waals surface area contributed by atoms with Crippen molar-refractivity contribution in [3.63, 3.8) is 0 Å². The molecule has 1 saturated heterocycles. The van der Waals surface area contributed by atoms with Crippen LogP contribution in [0.5, 0.6) is 0 Å². The van der Waals surface area contributed by atoms with Gasteiger partial charge in [-0.15, -0.1) is 0 Å². The van der Waals surface area contributed by atoms with Gasteiger partial charge in [-0.2, -0.15) is 0 Å². The van der Waals surface area contributed by atoms with Crippen molar-refractivity contribution < 1.29 is 13.3 Å². The Morgan fingerprint density at radius 3 is 2.55 bits per heavy atom. The van der Waals surface area contributed by atoms with Gasteiger partial charge in [0.25, 0.3) is 0 Å². The molecular formula is C15H23Cl2N2O2S+. The SMILES string of the molecule is CC1CC[NH+](CCCNS(=O)(=O)c2ccc(Cl)c(Cl)c2)CC1. The maximum atomic E-state index is 12.2. The molecule has 1 heterocycles. The molecule has 22 heavy (non-hydrogen) atoms. The second-order valence-corrected chi connectivity index (χ2v) is 8.59. The summed E-state index contributed by atoms with van der Waals surface area (Å²) in [6.07, 6.45) is 3.37. The molecule has 1 aromatic rings. The lowest BCUT2D eigenvalue weighted by Crippen LogP contribution is -3.13. The highest BCUT2D eigenvalue weighted by Gasteiger charge is 2.19. The molecule has 0 radical (unpaired) electrons. The molecule has 1 aliphatic rings. The van der Waals surface area contributed by atoms with E-state index in [0.29, 0.717) is 11.6 Å². The molecule has 0 aromatic heterocycles. The predicted octanol–water partition coefficient (Wildman–Crippen LogP) is 1.98. The number of piperidine rings is 1. The van der Waals surface area contributed by atoms with Gasteiger partial charge in [-0.3, -0.25) is 0 Å².